The quantitative estimate of drug-likeness (QED) is 0.446. The first-order chi connectivity index (χ1) is 11.8. The molecule has 0 radical (unpaired) electrons. The molecule has 1 unspecified atom stereocenters. The van der Waals surface area contributed by atoms with Crippen LogP contribution < -0.4 is 4.74 Å². The second kappa shape index (κ2) is 8.43. The van der Waals surface area contributed by atoms with Crippen LogP contribution in [0.25, 0.3) is 0 Å². The Morgan fingerprint density at radius 2 is 1.96 bits per heavy atom. The summed E-state index contributed by atoms with van der Waals surface area (Å²) in [6.07, 6.45) is 1.55. The van der Waals surface area contributed by atoms with Crippen LogP contribution in [0.1, 0.15) is 18.1 Å². The molecule has 2 rings (SSSR count). The van der Waals surface area contributed by atoms with Crippen LogP contribution >= 0.6 is 15.9 Å². The van der Waals surface area contributed by atoms with Crippen LogP contribution in [0.15, 0.2) is 51.9 Å². The molecule has 2 aromatic carbocycles. The Labute approximate surface area is 158 Å². The molecule has 25 heavy (non-hydrogen) atoms. The highest BCUT2D eigenvalue weighted by Gasteiger charge is 2.17. The zero-order chi connectivity index (χ0) is 18.4. The zero-order valence-electron chi connectivity index (χ0n) is 14.8. The predicted molar refractivity (Wildman–Crippen MR) is 107 cm³/mol. The van der Waals surface area contributed by atoms with E-state index >= 15 is 0 Å². The number of nitrogens with zero attached hydrogens (tertiary/aromatic N) is 2. The first kappa shape index (κ1) is 19.4. The Kier molecular flexibility index (Phi) is 6.54. The number of hydrogen-bond donors (Lipinski definition) is 0. The SMILES string of the molecule is CC(N=Cc1cc(Br)ccc1Oc1cccc(C#N)c1)O[Si](C)(C)C. The van der Waals surface area contributed by atoms with E-state index in [1.54, 1.807) is 24.4 Å². The van der Waals surface area contributed by atoms with E-state index < -0.39 is 8.32 Å². The first-order valence-electron chi connectivity index (χ1n) is 7.95. The van der Waals surface area contributed by atoms with Crippen molar-refractivity contribution in [1.82, 2.24) is 0 Å². The average molecular weight is 417 g/mol. The van der Waals surface area contributed by atoms with E-state index in [1.807, 2.05) is 31.2 Å². The summed E-state index contributed by atoms with van der Waals surface area (Å²) in [4.78, 5) is 4.49. The molecule has 0 amide bonds. The molecule has 0 bridgehead atoms. The lowest BCUT2D eigenvalue weighted by Crippen LogP contribution is -2.29. The molecule has 130 valence electrons. The van der Waals surface area contributed by atoms with E-state index in [9.17, 15) is 0 Å². The third-order valence-electron chi connectivity index (χ3n) is 3.11. The fraction of sp³-hybridized carbons (Fsp3) is 0.263. The van der Waals surface area contributed by atoms with Gasteiger partial charge in [-0.15, -0.1) is 0 Å². The molecular formula is C19H21BrN2O2Si. The van der Waals surface area contributed by atoms with E-state index in [2.05, 4.69) is 46.6 Å². The number of rotatable bonds is 6. The van der Waals surface area contributed by atoms with Crippen molar-refractivity contribution >= 4 is 30.5 Å². The van der Waals surface area contributed by atoms with Gasteiger partial charge in [-0.1, -0.05) is 22.0 Å². The van der Waals surface area contributed by atoms with Gasteiger partial charge in [-0.25, -0.2) is 0 Å². The van der Waals surface area contributed by atoms with Gasteiger partial charge in [0.15, 0.2) is 8.32 Å². The lowest BCUT2D eigenvalue weighted by Gasteiger charge is -2.20. The van der Waals surface area contributed by atoms with E-state index in [0.29, 0.717) is 17.1 Å². The van der Waals surface area contributed by atoms with Crippen LogP contribution in [0.2, 0.25) is 19.6 Å². The maximum absolute atomic E-state index is 9.01. The van der Waals surface area contributed by atoms with E-state index in [0.717, 1.165) is 10.0 Å². The van der Waals surface area contributed by atoms with Crippen molar-refractivity contribution < 1.29 is 9.16 Å². The van der Waals surface area contributed by atoms with Crippen LogP contribution in [-0.4, -0.2) is 20.8 Å². The molecule has 1 atom stereocenters. The maximum Gasteiger partial charge on any atom is 0.186 e. The summed E-state index contributed by atoms with van der Waals surface area (Å²) in [5, 5.41) is 9.01. The normalized spacial score (nSPS) is 12.8. The molecule has 0 aliphatic carbocycles. The fourth-order valence-electron chi connectivity index (χ4n) is 2.20. The van der Waals surface area contributed by atoms with Crippen molar-refractivity contribution in [3.63, 3.8) is 0 Å². The van der Waals surface area contributed by atoms with E-state index in [-0.39, 0.29) is 6.23 Å². The van der Waals surface area contributed by atoms with Crippen molar-refractivity contribution in [1.29, 1.82) is 5.26 Å². The molecule has 0 aliphatic heterocycles. The molecule has 0 saturated heterocycles. The molecular weight excluding hydrogens is 396 g/mol. The molecule has 0 saturated carbocycles. The summed E-state index contributed by atoms with van der Waals surface area (Å²) in [6.45, 7) is 8.34. The highest BCUT2D eigenvalue weighted by molar-refractivity contribution is 9.10. The number of aliphatic imine (C=N–C) groups is 1. The Morgan fingerprint density at radius 1 is 1.20 bits per heavy atom. The average Bonchev–Trinajstić information content (AvgIpc) is 2.53. The molecule has 0 spiro atoms. The van der Waals surface area contributed by atoms with E-state index in [1.165, 1.54) is 0 Å². The smallest absolute Gasteiger partial charge is 0.186 e. The fourth-order valence-corrected chi connectivity index (χ4v) is 3.66. The topological polar surface area (TPSA) is 54.6 Å². The molecule has 0 aliphatic rings. The Balaban J connectivity index is 2.23. The number of nitriles is 1. The molecule has 0 heterocycles. The van der Waals surface area contributed by atoms with Gasteiger partial charge in [0, 0.05) is 16.3 Å². The van der Waals surface area contributed by atoms with Gasteiger partial charge in [-0.05, 0) is 63.0 Å². The second-order valence-electron chi connectivity index (χ2n) is 6.53. The molecule has 2 aromatic rings. The highest BCUT2D eigenvalue weighted by atomic mass is 79.9. The van der Waals surface area contributed by atoms with Gasteiger partial charge in [0.05, 0.1) is 11.6 Å². The van der Waals surface area contributed by atoms with Gasteiger partial charge in [-0.2, -0.15) is 5.26 Å². The zero-order valence-corrected chi connectivity index (χ0v) is 17.4. The van der Waals surface area contributed by atoms with Crippen LogP contribution in [0.5, 0.6) is 11.5 Å². The summed E-state index contributed by atoms with van der Waals surface area (Å²) >= 11 is 3.48. The molecule has 0 aromatic heterocycles. The lowest BCUT2D eigenvalue weighted by atomic mass is 10.2. The van der Waals surface area contributed by atoms with Crippen molar-refractivity contribution in [3.05, 3.63) is 58.1 Å². The molecule has 0 fully saturated rings. The monoisotopic (exact) mass is 416 g/mol. The Bertz CT molecular complexity index is 810. The number of ether oxygens (including phenoxy) is 1. The molecule has 0 N–H and O–H groups in total. The Hall–Kier alpha value is -1.94. The summed E-state index contributed by atoms with van der Waals surface area (Å²) in [5.74, 6) is 1.28. The third-order valence-corrected chi connectivity index (χ3v) is 4.65. The summed E-state index contributed by atoms with van der Waals surface area (Å²) in [6, 6.07) is 14.9. The summed E-state index contributed by atoms with van der Waals surface area (Å²) in [5.41, 5.74) is 1.39. The number of hydrogen-bond acceptors (Lipinski definition) is 4. The van der Waals surface area contributed by atoms with Gasteiger partial charge in [-0.3, -0.25) is 4.99 Å². The number of halogens is 1. The lowest BCUT2D eigenvalue weighted by molar-refractivity contribution is 0.225. The summed E-state index contributed by atoms with van der Waals surface area (Å²) < 4.78 is 12.8. The largest absolute Gasteiger partial charge is 0.457 e. The van der Waals surface area contributed by atoms with Crippen LogP contribution in [0.3, 0.4) is 0 Å². The predicted octanol–water partition coefficient (Wildman–Crippen LogP) is 5.73. The van der Waals surface area contributed by atoms with Gasteiger partial charge < -0.3 is 9.16 Å². The van der Waals surface area contributed by atoms with E-state index in [4.69, 9.17) is 14.4 Å². The number of benzene rings is 2. The van der Waals surface area contributed by atoms with Gasteiger partial charge in [0.1, 0.15) is 17.7 Å². The maximum atomic E-state index is 9.01. The molecule has 6 heteroatoms. The highest BCUT2D eigenvalue weighted by Crippen LogP contribution is 2.27. The van der Waals surface area contributed by atoms with Crippen LogP contribution in [0.4, 0.5) is 0 Å². The van der Waals surface area contributed by atoms with Crippen LogP contribution in [-0.2, 0) is 4.43 Å². The standard InChI is InChI=1S/C19H21BrN2O2Si/c1-14(24-25(2,3)4)22-13-16-11-17(20)8-9-19(16)23-18-7-5-6-15(10-18)12-21/h5-11,13-14H,1-4H3. The summed E-state index contributed by atoms with van der Waals surface area (Å²) in [7, 11) is -1.64. The first-order valence-corrected chi connectivity index (χ1v) is 12.2. The van der Waals surface area contributed by atoms with Crippen molar-refractivity contribution in [2.45, 2.75) is 32.8 Å². The Morgan fingerprint density at radius 3 is 2.64 bits per heavy atom. The minimum absolute atomic E-state index is 0.208. The van der Waals surface area contributed by atoms with Crippen molar-refractivity contribution in [2.75, 3.05) is 0 Å². The minimum Gasteiger partial charge on any atom is -0.457 e. The third kappa shape index (κ3) is 6.46. The van der Waals surface area contributed by atoms with Gasteiger partial charge in [0.2, 0.25) is 0 Å². The second-order valence-corrected chi connectivity index (χ2v) is 11.9. The molecule has 4 nitrogen and oxygen atoms in total. The van der Waals surface area contributed by atoms with Crippen LogP contribution in [0, 0.1) is 11.3 Å². The van der Waals surface area contributed by atoms with Gasteiger partial charge in [0.25, 0.3) is 0 Å². The van der Waals surface area contributed by atoms with Crippen molar-refractivity contribution in [3.8, 4) is 17.6 Å². The minimum atomic E-state index is -1.64. The van der Waals surface area contributed by atoms with Gasteiger partial charge >= 0.3 is 0 Å². The van der Waals surface area contributed by atoms with Crippen molar-refractivity contribution in [2.24, 2.45) is 4.99 Å².